The van der Waals surface area contributed by atoms with E-state index in [9.17, 15) is 43.2 Å². The van der Waals surface area contributed by atoms with Crippen LogP contribution in [0.2, 0.25) is 0 Å². The first-order valence-electron chi connectivity index (χ1n) is 39.5. The Bertz CT molecular complexity index is 1930. The molecule has 0 aliphatic carbocycles. The maximum Gasteiger partial charge on any atom is 0.472 e. The van der Waals surface area contributed by atoms with Gasteiger partial charge in [0.25, 0.3) is 0 Å². The molecule has 0 heterocycles. The molecule has 0 saturated heterocycles. The van der Waals surface area contributed by atoms with E-state index in [0.717, 1.165) is 121 Å². The zero-order valence-corrected chi connectivity index (χ0v) is 63.8. The summed E-state index contributed by atoms with van der Waals surface area (Å²) in [5.41, 5.74) is 0. The van der Waals surface area contributed by atoms with E-state index in [0.29, 0.717) is 25.7 Å². The van der Waals surface area contributed by atoms with E-state index < -0.39 is 97.5 Å². The number of phosphoric acid groups is 2. The van der Waals surface area contributed by atoms with Gasteiger partial charge in [0.1, 0.15) is 19.3 Å². The van der Waals surface area contributed by atoms with Gasteiger partial charge in [-0.1, -0.05) is 329 Å². The minimum Gasteiger partial charge on any atom is -0.462 e. The molecular weight excluding hydrogens is 1260 g/mol. The highest BCUT2D eigenvalue weighted by atomic mass is 31.2. The molecule has 0 aromatic rings. The number of aliphatic hydroxyl groups excluding tert-OH is 1. The first-order valence-corrected chi connectivity index (χ1v) is 42.4. The van der Waals surface area contributed by atoms with E-state index in [2.05, 4.69) is 58.9 Å². The Morgan fingerprint density at radius 3 is 0.854 bits per heavy atom. The lowest BCUT2D eigenvalue weighted by Crippen LogP contribution is -2.30. The van der Waals surface area contributed by atoms with Crippen LogP contribution in [-0.4, -0.2) is 96.7 Å². The Kier molecular flexibility index (Phi) is 67.8. The fourth-order valence-corrected chi connectivity index (χ4v) is 12.9. The topological polar surface area (TPSA) is 237 Å². The molecule has 0 rings (SSSR count). The summed E-state index contributed by atoms with van der Waals surface area (Å²) in [6, 6.07) is 0. The summed E-state index contributed by atoms with van der Waals surface area (Å²) in [5.74, 6) is -1.40. The van der Waals surface area contributed by atoms with Gasteiger partial charge in [0.05, 0.1) is 26.4 Å². The van der Waals surface area contributed by atoms with E-state index in [4.69, 9.17) is 37.0 Å². The number of hydrogen-bond donors (Lipinski definition) is 3. The van der Waals surface area contributed by atoms with Crippen LogP contribution in [0.4, 0.5) is 0 Å². The lowest BCUT2D eigenvalue weighted by Gasteiger charge is -2.21. The molecule has 17 nitrogen and oxygen atoms in total. The van der Waals surface area contributed by atoms with E-state index >= 15 is 0 Å². The van der Waals surface area contributed by atoms with Crippen molar-refractivity contribution in [3.8, 4) is 0 Å². The molecule has 0 saturated carbocycles. The van der Waals surface area contributed by atoms with E-state index in [1.54, 1.807) is 0 Å². The highest BCUT2D eigenvalue weighted by molar-refractivity contribution is 7.47. The Labute approximate surface area is 586 Å². The normalized spacial score (nSPS) is 14.1. The van der Waals surface area contributed by atoms with Crippen molar-refractivity contribution in [1.29, 1.82) is 0 Å². The monoisotopic (exact) mass is 1410 g/mol. The third kappa shape index (κ3) is 70.0. The number of carbonyl (C=O) groups excluding carboxylic acids is 4. The molecular formula is C77H146O17P2. The second-order valence-electron chi connectivity index (χ2n) is 27.5. The fraction of sp³-hybridized carbons (Fsp3) is 0.896. The Morgan fingerprint density at radius 2 is 0.562 bits per heavy atom. The van der Waals surface area contributed by atoms with Crippen LogP contribution in [0.25, 0.3) is 0 Å². The second kappa shape index (κ2) is 69.6. The average molecular weight is 1410 g/mol. The highest BCUT2D eigenvalue weighted by Gasteiger charge is 2.30. The molecule has 96 heavy (non-hydrogen) atoms. The maximum atomic E-state index is 13.1. The molecule has 5 atom stereocenters. The van der Waals surface area contributed by atoms with Gasteiger partial charge in [-0.15, -0.1) is 0 Å². The summed E-state index contributed by atoms with van der Waals surface area (Å²) < 4.78 is 68.4. The molecule has 0 aromatic carbocycles. The van der Waals surface area contributed by atoms with Crippen LogP contribution >= 0.6 is 15.6 Å². The van der Waals surface area contributed by atoms with E-state index in [1.165, 1.54) is 180 Å². The minimum atomic E-state index is -4.96. The molecule has 0 aromatic heterocycles. The van der Waals surface area contributed by atoms with Crippen molar-refractivity contribution >= 4 is 39.5 Å². The molecule has 0 radical (unpaired) electrons. The number of phosphoric ester groups is 2. The number of rotatable bonds is 75. The Morgan fingerprint density at radius 1 is 0.323 bits per heavy atom. The molecule has 0 aliphatic heterocycles. The summed E-state index contributed by atoms with van der Waals surface area (Å²) in [4.78, 5) is 72.7. The summed E-state index contributed by atoms with van der Waals surface area (Å²) in [5, 5.41) is 10.6. The van der Waals surface area contributed by atoms with Crippen LogP contribution in [0.3, 0.4) is 0 Å². The minimum absolute atomic E-state index is 0.102. The van der Waals surface area contributed by atoms with Crippen molar-refractivity contribution in [3.05, 3.63) is 24.3 Å². The molecule has 0 amide bonds. The molecule has 3 N–H and O–H groups in total. The Balaban J connectivity index is 5.23. The number of ether oxygens (including phenoxy) is 4. The van der Waals surface area contributed by atoms with Crippen molar-refractivity contribution in [3.63, 3.8) is 0 Å². The lowest BCUT2D eigenvalue weighted by molar-refractivity contribution is -0.161. The van der Waals surface area contributed by atoms with Gasteiger partial charge in [0.2, 0.25) is 0 Å². The molecule has 19 heteroatoms. The smallest absolute Gasteiger partial charge is 0.462 e. The van der Waals surface area contributed by atoms with Crippen molar-refractivity contribution in [2.75, 3.05) is 39.6 Å². The molecule has 2 unspecified atom stereocenters. The van der Waals surface area contributed by atoms with Gasteiger partial charge in [-0.3, -0.25) is 37.3 Å². The lowest BCUT2D eigenvalue weighted by atomic mass is 10.0. The Hall–Kier alpha value is -2.46. The van der Waals surface area contributed by atoms with Crippen LogP contribution in [0.15, 0.2) is 24.3 Å². The van der Waals surface area contributed by atoms with Gasteiger partial charge >= 0.3 is 39.5 Å². The number of carbonyl (C=O) groups is 4. The summed E-state index contributed by atoms with van der Waals surface area (Å²) in [6.07, 6.45) is 62.0. The van der Waals surface area contributed by atoms with Gasteiger partial charge in [-0.2, -0.15) is 0 Å². The van der Waals surface area contributed by atoms with Gasteiger partial charge < -0.3 is 33.8 Å². The standard InChI is InChI=1S/C77H146O17P2/c1-6-9-12-15-18-21-23-25-27-28-29-30-31-33-35-37-42-47-52-57-62-76(81)94-73(67-88-75(80)61-56-51-46-41-36-34-32-26-24-22-19-16-13-10-7-2)69-92-96(85,86)90-65-71(78)64-89-95(83,84)91-68-72(66-87-74(79)60-55-50-45-20-17-14-11-8-3)93-77(82)63-58-53-48-43-39-38-40-44-49-54-59-70(4)5/h22,24,26,32,70-73,78H,6-21,23,25,27-31,33-69H2,1-5H3,(H,83,84)(H,85,86)/b24-22-,32-26-/t71-,72+,73+/m0/s1. The van der Waals surface area contributed by atoms with Crippen LogP contribution in [-0.2, 0) is 65.4 Å². The predicted octanol–water partition coefficient (Wildman–Crippen LogP) is 22.4. The number of unbranched alkanes of at least 4 members (excludes halogenated alkanes) is 44. The summed E-state index contributed by atoms with van der Waals surface area (Å²) in [7, 11) is -9.92. The van der Waals surface area contributed by atoms with Gasteiger partial charge in [-0.05, 0) is 57.3 Å². The summed E-state index contributed by atoms with van der Waals surface area (Å²) >= 11 is 0. The largest absolute Gasteiger partial charge is 0.472 e. The van der Waals surface area contributed by atoms with Crippen molar-refractivity contribution in [2.45, 2.75) is 400 Å². The number of hydrogen-bond acceptors (Lipinski definition) is 15. The van der Waals surface area contributed by atoms with E-state index in [1.807, 2.05) is 0 Å². The van der Waals surface area contributed by atoms with Crippen LogP contribution in [0.1, 0.15) is 381 Å². The van der Waals surface area contributed by atoms with Crippen LogP contribution < -0.4 is 0 Å². The van der Waals surface area contributed by atoms with Crippen LogP contribution in [0.5, 0.6) is 0 Å². The zero-order chi connectivity index (χ0) is 70.5. The number of allylic oxidation sites excluding steroid dienone is 4. The first kappa shape index (κ1) is 93.5. The van der Waals surface area contributed by atoms with Crippen LogP contribution in [0, 0.1) is 5.92 Å². The quantitative estimate of drug-likeness (QED) is 0.0169. The van der Waals surface area contributed by atoms with Gasteiger partial charge in [0, 0.05) is 25.7 Å². The zero-order valence-electron chi connectivity index (χ0n) is 62.0. The molecule has 0 fully saturated rings. The SMILES string of the molecule is CCCCCC/C=C\C=C/CCCCCCCC(=O)OC[C@H](COP(=O)(O)OC[C@@H](O)COP(=O)(O)OC[C@@H](COC(=O)CCCCCCCCCC)OC(=O)CCCCCCCCCCCCC(C)C)OC(=O)CCCCCCCCCCCCCCCCCCCCCC. The average Bonchev–Trinajstić information content (AvgIpc) is 1.39. The van der Waals surface area contributed by atoms with Crippen molar-refractivity contribution in [1.82, 2.24) is 0 Å². The van der Waals surface area contributed by atoms with Crippen molar-refractivity contribution in [2.24, 2.45) is 5.92 Å². The molecule has 0 aliphatic rings. The number of esters is 4. The molecule has 0 bridgehead atoms. The second-order valence-corrected chi connectivity index (χ2v) is 30.4. The van der Waals surface area contributed by atoms with Crippen molar-refractivity contribution < 1.29 is 80.2 Å². The number of aliphatic hydroxyl groups is 1. The molecule has 0 spiro atoms. The van der Waals surface area contributed by atoms with Gasteiger partial charge in [0.15, 0.2) is 12.2 Å². The van der Waals surface area contributed by atoms with Gasteiger partial charge in [-0.25, -0.2) is 9.13 Å². The maximum absolute atomic E-state index is 13.1. The third-order valence-electron chi connectivity index (χ3n) is 17.4. The summed E-state index contributed by atoms with van der Waals surface area (Å²) in [6.45, 7) is 7.19. The first-order chi connectivity index (χ1) is 46.5. The highest BCUT2D eigenvalue weighted by Crippen LogP contribution is 2.45. The molecule has 566 valence electrons. The fourth-order valence-electron chi connectivity index (χ4n) is 11.3. The van der Waals surface area contributed by atoms with E-state index in [-0.39, 0.29) is 25.7 Å². The third-order valence-corrected chi connectivity index (χ3v) is 19.3. The predicted molar refractivity (Wildman–Crippen MR) is 391 cm³/mol.